The minimum atomic E-state index is -4.48. The largest absolute Gasteiger partial charge is 0.482 e. The average Bonchev–Trinajstić information content (AvgIpc) is 2.71. The van der Waals surface area contributed by atoms with Crippen LogP contribution in [0.3, 0.4) is 0 Å². The van der Waals surface area contributed by atoms with Gasteiger partial charge in [-0.1, -0.05) is 0 Å². The van der Waals surface area contributed by atoms with Gasteiger partial charge < -0.3 is 9.47 Å². The van der Waals surface area contributed by atoms with E-state index in [1.54, 1.807) is 0 Å². The van der Waals surface area contributed by atoms with Crippen molar-refractivity contribution in [3.05, 3.63) is 47.0 Å². The van der Waals surface area contributed by atoms with Crippen LogP contribution in [0, 0.1) is 34.9 Å². The summed E-state index contributed by atoms with van der Waals surface area (Å²) in [7, 11) is 0.975. The van der Waals surface area contributed by atoms with Crippen molar-refractivity contribution in [3.63, 3.8) is 0 Å². The molecule has 0 radical (unpaired) electrons. The second kappa shape index (κ2) is 7.71. The molecule has 0 spiro atoms. The smallest absolute Gasteiger partial charge is 0.469 e. The molecule has 0 N–H and O–H groups in total. The summed E-state index contributed by atoms with van der Waals surface area (Å²) in [6.45, 7) is -0.750. The number of halogens is 8. The van der Waals surface area contributed by atoms with Crippen LogP contribution in [0.1, 0.15) is 6.42 Å². The number of anilines is 1. The van der Waals surface area contributed by atoms with Gasteiger partial charge in [0, 0.05) is 18.2 Å². The fraction of sp³-hybridized carbons (Fsp3) is 0.222. The van der Waals surface area contributed by atoms with Gasteiger partial charge in [0.1, 0.15) is 5.82 Å². The topological polar surface area (TPSA) is 55.8 Å². The van der Waals surface area contributed by atoms with Crippen molar-refractivity contribution in [2.45, 2.75) is 12.5 Å². The normalized spacial score (nSPS) is 14.9. The number of methoxy groups -OCH3 is 1. The summed E-state index contributed by atoms with van der Waals surface area (Å²) in [4.78, 5) is 23.6. The number of carbonyl (C=O) groups excluding carboxylic acids is 2. The average molecular weight is 455 g/mol. The van der Waals surface area contributed by atoms with E-state index in [1.165, 1.54) is 0 Å². The van der Waals surface area contributed by atoms with Crippen molar-refractivity contribution < 1.29 is 54.2 Å². The van der Waals surface area contributed by atoms with Gasteiger partial charge in [0.15, 0.2) is 29.0 Å². The minimum Gasteiger partial charge on any atom is -0.469 e. The van der Waals surface area contributed by atoms with E-state index in [4.69, 9.17) is 0 Å². The third-order valence-electron chi connectivity index (χ3n) is 4.32. The lowest BCUT2D eigenvalue weighted by Gasteiger charge is -2.33. The van der Waals surface area contributed by atoms with Crippen LogP contribution in [-0.2, 0) is 14.3 Å². The first kappa shape index (κ1) is 22.3. The van der Waals surface area contributed by atoms with Crippen molar-refractivity contribution in [2.24, 2.45) is 0 Å². The molecule has 31 heavy (non-hydrogen) atoms. The summed E-state index contributed by atoms with van der Waals surface area (Å²) in [6, 6.07) is 0.585. The van der Waals surface area contributed by atoms with Crippen molar-refractivity contribution in [1.82, 2.24) is 0 Å². The van der Waals surface area contributed by atoms with Crippen LogP contribution in [0.25, 0.3) is 11.1 Å². The molecular formula is C18H9F8NO4. The number of nitrogens with zero attached hydrogens (tertiary/aromatic N) is 1. The highest BCUT2D eigenvalue weighted by Crippen LogP contribution is 2.44. The van der Waals surface area contributed by atoms with Gasteiger partial charge in [-0.15, -0.1) is 0 Å². The molecule has 0 unspecified atom stereocenters. The zero-order valence-electron chi connectivity index (χ0n) is 15.2. The molecule has 1 aliphatic heterocycles. The molecular weight excluding hydrogens is 446 g/mol. The summed E-state index contributed by atoms with van der Waals surface area (Å²) in [5, 5.41) is 0. The SMILES string of the molecule is COC(=O)CCN1C(=O)C(F)(F)Oc2cc(F)c(-c3c(F)c(F)c(F)c(F)c3F)cc21. The van der Waals surface area contributed by atoms with E-state index in [0.29, 0.717) is 6.07 Å². The van der Waals surface area contributed by atoms with Crippen molar-refractivity contribution in [1.29, 1.82) is 0 Å². The predicted molar refractivity (Wildman–Crippen MR) is 86.2 cm³/mol. The lowest BCUT2D eigenvalue weighted by atomic mass is 10.0. The van der Waals surface area contributed by atoms with Gasteiger partial charge in [0.05, 0.1) is 24.8 Å². The van der Waals surface area contributed by atoms with Gasteiger partial charge in [-0.05, 0) is 6.07 Å². The number of fused-ring (bicyclic) bond motifs is 1. The molecule has 1 heterocycles. The summed E-state index contributed by atoms with van der Waals surface area (Å²) in [6.07, 6.45) is -5.10. The van der Waals surface area contributed by atoms with Crippen LogP contribution in [0.2, 0.25) is 0 Å². The fourth-order valence-electron chi connectivity index (χ4n) is 2.84. The highest BCUT2D eigenvalue weighted by molar-refractivity contribution is 6.02. The molecule has 0 saturated heterocycles. The molecule has 5 nitrogen and oxygen atoms in total. The van der Waals surface area contributed by atoms with Crippen LogP contribution < -0.4 is 9.64 Å². The molecule has 1 amide bonds. The van der Waals surface area contributed by atoms with E-state index in [9.17, 15) is 44.7 Å². The third-order valence-corrected chi connectivity index (χ3v) is 4.32. The van der Waals surface area contributed by atoms with E-state index in [2.05, 4.69) is 9.47 Å². The Morgan fingerprint density at radius 3 is 2.10 bits per heavy atom. The number of alkyl halides is 2. The highest BCUT2D eigenvalue weighted by atomic mass is 19.3. The molecule has 0 saturated carbocycles. The van der Waals surface area contributed by atoms with E-state index in [0.717, 1.165) is 7.11 Å². The predicted octanol–water partition coefficient (Wildman–Crippen LogP) is 4.07. The Kier molecular flexibility index (Phi) is 5.54. The summed E-state index contributed by atoms with van der Waals surface area (Å²) in [5.41, 5.74) is -3.61. The number of hydrogen-bond acceptors (Lipinski definition) is 4. The van der Waals surface area contributed by atoms with Gasteiger partial charge in [0.25, 0.3) is 0 Å². The lowest BCUT2D eigenvalue weighted by molar-refractivity contribution is -0.192. The molecule has 0 fully saturated rings. The first-order valence-corrected chi connectivity index (χ1v) is 8.21. The number of esters is 1. The van der Waals surface area contributed by atoms with Gasteiger partial charge in [-0.3, -0.25) is 14.5 Å². The molecule has 13 heteroatoms. The standard InChI is InChI=1S/C18H9F8NO4/c1-30-10(28)2-3-27-8-4-6(7(19)5-9(8)31-18(25,26)17(27)29)11-12(20)14(22)16(24)15(23)13(11)21/h4-5H,2-3H2,1H3. The minimum absolute atomic E-state index is 0.189. The molecule has 0 aliphatic carbocycles. The third kappa shape index (κ3) is 3.64. The molecule has 2 aromatic carbocycles. The van der Waals surface area contributed by atoms with Crippen LogP contribution in [0.5, 0.6) is 5.75 Å². The number of hydrogen-bond donors (Lipinski definition) is 0. The van der Waals surface area contributed by atoms with Gasteiger partial charge in [0.2, 0.25) is 5.82 Å². The van der Waals surface area contributed by atoms with Gasteiger partial charge in [-0.25, -0.2) is 26.3 Å². The first-order chi connectivity index (χ1) is 14.4. The Bertz CT molecular complexity index is 1080. The molecule has 2 aromatic rings. The Labute approximate surface area is 167 Å². The monoisotopic (exact) mass is 455 g/mol. The van der Waals surface area contributed by atoms with Crippen molar-refractivity contribution in [2.75, 3.05) is 18.6 Å². The zero-order valence-corrected chi connectivity index (χ0v) is 15.2. The van der Waals surface area contributed by atoms with Crippen molar-refractivity contribution in [3.8, 4) is 16.9 Å². The second-order valence-corrected chi connectivity index (χ2v) is 6.15. The van der Waals surface area contributed by atoms with Crippen LogP contribution in [-0.4, -0.2) is 31.6 Å². The Balaban J connectivity index is 2.22. The number of carbonyl (C=O) groups is 2. The molecule has 0 atom stereocenters. The van der Waals surface area contributed by atoms with Gasteiger partial charge >= 0.3 is 18.0 Å². The maximum atomic E-state index is 14.5. The molecule has 3 rings (SSSR count). The number of amides is 1. The molecule has 166 valence electrons. The Hall–Kier alpha value is -3.38. The molecule has 0 aromatic heterocycles. The molecule has 1 aliphatic rings. The molecule has 0 bridgehead atoms. The maximum absolute atomic E-state index is 14.5. The number of rotatable bonds is 4. The van der Waals surface area contributed by atoms with E-state index >= 15 is 0 Å². The lowest BCUT2D eigenvalue weighted by Crippen LogP contribution is -2.51. The van der Waals surface area contributed by atoms with E-state index in [-0.39, 0.29) is 11.0 Å². The van der Waals surface area contributed by atoms with Gasteiger partial charge in [-0.2, -0.15) is 8.78 Å². The van der Waals surface area contributed by atoms with Crippen LogP contribution in [0.15, 0.2) is 12.1 Å². The maximum Gasteiger partial charge on any atom is 0.482 e. The number of ether oxygens (including phenoxy) is 2. The fourth-order valence-corrected chi connectivity index (χ4v) is 2.84. The quantitative estimate of drug-likeness (QED) is 0.302. The summed E-state index contributed by atoms with van der Waals surface area (Å²) in [5.74, 6) is -17.6. The zero-order chi connectivity index (χ0) is 23.2. The second-order valence-electron chi connectivity index (χ2n) is 6.15. The van der Waals surface area contributed by atoms with Crippen molar-refractivity contribution >= 4 is 17.6 Å². The van der Waals surface area contributed by atoms with Crippen LogP contribution >= 0.6 is 0 Å². The Morgan fingerprint density at radius 1 is 1.00 bits per heavy atom. The van der Waals surface area contributed by atoms with Crippen LogP contribution in [0.4, 0.5) is 40.8 Å². The highest BCUT2D eigenvalue weighted by Gasteiger charge is 2.51. The first-order valence-electron chi connectivity index (χ1n) is 8.21. The number of benzene rings is 2. The summed E-state index contributed by atoms with van der Waals surface area (Å²) >= 11 is 0. The Morgan fingerprint density at radius 2 is 1.55 bits per heavy atom. The summed E-state index contributed by atoms with van der Waals surface area (Å²) < 4.78 is 119. The van der Waals surface area contributed by atoms with E-state index in [1.807, 2.05) is 0 Å². The van der Waals surface area contributed by atoms with E-state index < -0.39 is 88.4 Å².